The fraction of sp³-hybridized carbons (Fsp3) is 0.214. The van der Waals surface area contributed by atoms with Gasteiger partial charge in [-0.25, -0.2) is 0 Å². The zero-order valence-corrected chi connectivity index (χ0v) is 21.3. The second-order valence-electron chi connectivity index (χ2n) is 8.43. The standard InChI is InChI=1S/C28H26Cl2N2O3/c1-17-14-23(30)12-13-24(17)28(20-8-10-22(29)11-9-20)31-27(33)15-21-6-4-5-7-26(21)34-16-25-18(2)32-35-19(25)3/h4-14,28H,15-16H2,1-3H3,(H,31,33). The lowest BCUT2D eigenvalue weighted by Crippen LogP contribution is -2.31. The number of benzene rings is 3. The molecule has 4 rings (SSSR count). The van der Waals surface area contributed by atoms with Crippen LogP contribution < -0.4 is 10.1 Å². The molecule has 0 saturated carbocycles. The average Bonchev–Trinajstić information content (AvgIpc) is 3.15. The van der Waals surface area contributed by atoms with Crippen LogP contribution in [0.1, 0.15) is 45.3 Å². The lowest BCUT2D eigenvalue weighted by Gasteiger charge is -2.22. The van der Waals surface area contributed by atoms with E-state index in [1.807, 2.05) is 87.5 Å². The van der Waals surface area contributed by atoms with Crippen molar-refractivity contribution in [3.05, 3.63) is 116 Å². The van der Waals surface area contributed by atoms with Crippen LogP contribution in [-0.2, 0) is 17.8 Å². The average molecular weight is 509 g/mol. The fourth-order valence-electron chi connectivity index (χ4n) is 3.99. The summed E-state index contributed by atoms with van der Waals surface area (Å²) in [7, 11) is 0. The molecule has 0 aliphatic carbocycles. The maximum absolute atomic E-state index is 13.3. The number of carbonyl (C=O) groups is 1. The zero-order valence-electron chi connectivity index (χ0n) is 19.8. The molecule has 1 unspecified atom stereocenters. The summed E-state index contributed by atoms with van der Waals surface area (Å²) in [6.45, 7) is 6.03. The van der Waals surface area contributed by atoms with Gasteiger partial charge in [0.1, 0.15) is 18.1 Å². The largest absolute Gasteiger partial charge is 0.488 e. The molecule has 1 amide bonds. The van der Waals surface area contributed by atoms with Crippen molar-refractivity contribution in [3.8, 4) is 5.75 Å². The molecule has 0 fully saturated rings. The Morgan fingerprint density at radius 1 is 1.00 bits per heavy atom. The molecule has 1 aromatic heterocycles. The number of amides is 1. The van der Waals surface area contributed by atoms with E-state index < -0.39 is 0 Å². The summed E-state index contributed by atoms with van der Waals surface area (Å²) in [6.07, 6.45) is 0.161. The molecule has 1 atom stereocenters. The third-order valence-electron chi connectivity index (χ3n) is 5.93. The molecular weight excluding hydrogens is 483 g/mol. The Morgan fingerprint density at radius 3 is 2.40 bits per heavy atom. The maximum Gasteiger partial charge on any atom is 0.225 e. The van der Waals surface area contributed by atoms with Crippen molar-refractivity contribution < 1.29 is 14.1 Å². The first-order valence-corrected chi connectivity index (χ1v) is 12.0. The number of rotatable bonds is 8. The molecule has 0 bridgehead atoms. The van der Waals surface area contributed by atoms with E-state index in [0.717, 1.165) is 39.3 Å². The normalized spacial score (nSPS) is 11.8. The predicted octanol–water partition coefficient (Wildman–Crippen LogP) is 6.93. The Balaban J connectivity index is 1.55. The molecule has 5 nitrogen and oxygen atoms in total. The summed E-state index contributed by atoms with van der Waals surface area (Å²) >= 11 is 12.3. The third kappa shape index (κ3) is 6.05. The highest BCUT2D eigenvalue weighted by Crippen LogP contribution is 2.29. The molecule has 180 valence electrons. The van der Waals surface area contributed by atoms with Crippen LogP contribution in [0, 0.1) is 20.8 Å². The van der Waals surface area contributed by atoms with Crippen LogP contribution in [0.3, 0.4) is 0 Å². The molecule has 0 radical (unpaired) electrons. The van der Waals surface area contributed by atoms with Gasteiger partial charge in [0, 0.05) is 15.6 Å². The number of hydrogen-bond donors (Lipinski definition) is 1. The molecule has 1 N–H and O–H groups in total. The smallest absolute Gasteiger partial charge is 0.225 e. The van der Waals surface area contributed by atoms with Gasteiger partial charge in [-0.1, -0.05) is 64.8 Å². The second-order valence-corrected chi connectivity index (χ2v) is 9.30. The monoisotopic (exact) mass is 508 g/mol. The van der Waals surface area contributed by atoms with E-state index in [1.165, 1.54) is 0 Å². The van der Waals surface area contributed by atoms with Crippen molar-refractivity contribution in [2.75, 3.05) is 0 Å². The lowest BCUT2D eigenvalue weighted by atomic mass is 9.94. The topological polar surface area (TPSA) is 64.4 Å². The minimum atomic E-state index is -0.354. The molecule has 1 heterocycles. The van der Waals surface area contributed by atoms with E-state index in [9.17, 15) is 4.79 Å². The van der Waals surface area contributed by atoms with Gasteiger partial charge in [-0.2, -0.15) is 0 Å². The number of aryl methyl sites for hydroxylation is 3. The number of hydrogen-bond acceptors (Lipinski definition) is 4. The highest BCUT2D eigenvalue weighted by Gasteiger charge is 2.20. The van der Waals surface area contributed by atoms with Gasteiger partial charge in [-0.05, 0) is 67.8 Å². The molecular formula is C28H26Cl2N2O3. The third-order valence-corrected chi connectivity index (χ3v) is 6.42. The lowest BCUT2D eigenvalue weighted by molar-refractivity contribution is -0.121. The van der Waals surface area contributed by atoms with E-state index in [-0.39, 0.29) is 18.4 Å². The summed E-state index contributed by atoms with van der Waals surface area (Å²) in [5.74, 6) is 1.24. The number of carbonyl (C=O) groups excluding carboxylic acids is 1. The first-order valence-electron chi connectivity index (χ1n) is 11.2. The van der Waals surface area contributed by atoms with Crippen molar-refractivity contribution >= 4 is 29.1 Å². The number of ether oxygens (including phenoxy) is 1. The minimum Gasteiger partial charge on any atom is -0.488 e. The minimum absolute atomic E-state index is 0.132. The van der Waals surface area contributed by atoms with Crippen LogP contribution in [-0.4, -0.2) is 11.1 Å². The van der Waals surface area contributed by atoms with Crippen LogP contribution in [0.25, 0.3) is 0 Å². The van der Waals surface area contributed by atoms with Crippen molar-refractivity contribution in [2.45, 2.75) is 39.8 Å². The van der Waals surface area contributed by atoms with Gasteiger partial charge in [-0.15, -0.1) is 0 Å². The van der Waals surface area contributed by atoms with Crippen LogP contribution in [0.4, 0.5) is 0 Å². The highest BCUT2D eigenvalue weighted by atomic mass is 35.5. The molecule has 7 heteroatoms. The van der Waals surface area contributed by atoms with Gasteiger partial charge >= 0.3 is 0 Å². The number of para-hydroxylation sites is 1. The first kappa shape index (κ1) is 24.8. The fourth-order valence-corrected chi connectivity index (χ4v) is 4.35. The Labute approximate surface area is 215 Å². The molecule has 0 aliphatic heterocycles. The van der Waals surface area contributed by atoms with Crippen molar-refractivity contribution in [2.24, 2.45) is 0 Å². The van der Waals surface area contributed by atoms with Crippen LogP contribution in [0.5, 0.6) is 5.75 Å². The Bertz CT molecular complexity index is 1310. The summed E-state index contributed by atoms with van der Waals surface area (Å²) in [6, 6.07) is 20.3. The molecule has 4 aromatic rings. The van der Waals surface area contributed by atoms with Crippen LogP contribution in [0.15, 0.2) is 71.3 Å². The molecule has 0 aliphatic rings. The number of nitrogens with zero attached hydrogens (tertiary/aromatic N) is 1. The second kappa shape index (κ2) is 11.0. The molecule has 35 heavy (non-hydrogen) atoms. The Kier molecular flexibility index (Phi) is 7.79. The quantitative estimate of drug-likeness (QED) is 0.280. The number of nitrogens with one attached hydrogen (secondary N) is 1. The van der Waals surface area contributed by atoms with E-state index >= 15 is 0 Å². The van der Waals surface area contributed by atoms with Crippen LogP contribution in [0.2, 0.25) is 10.0 Å². The summed E-state index contributed by atoms with van der Waals surface area (Å²) in [4.78, 5) is 13.3. The van der Waals surface area contributed by atoms with Gasteiger partial charge in [0.2, 0.25) is 5.91 Å². The van der Waals surface area contributed by atoms with E-state index in [4.69, 9.17) is 32.5 Å². The predicted molar refractivity (Wildman–Crippen MR) is 138 cm³/mol. The zero-order chi connectivity index (χ0) is 24.9. The molecule has 0 saturated heterocycles. The van der Waals surface area contributed by atoms with Crippen molar-refractivity contribution in [3.63, 3.8) is 0 Å². The number of aromatic nitrogens is 1. The van der Waals surface area contributed by atoms with Crippen molar-refractivity contribution in [1.82, 2.24) is 10.5 Å². The van der Waals surface area contributed by atoms with Crippen molar-refractivity contribution in [1.29, 1.82) is 0 Å². The van der Waals surface area contributed by atoms with Gasteiger partial charge in [0.25, 0.3) is 0 Å². The Hall–Kier alpha value is -3.28. The molecule has 3 aromatic carbocycles. The first-order chi connectivity index (χ1) is 16.8. The summed E-state index contributed by atoms with van der Waals surface area (Å²) in [5.41, 5.74) is 5.37. The van der Waals surface area contributed by atoms with Gasteiger partial charge < -0.3 is 14.6 Å². The van der Waals surface area contributed by atoms with Crippen LogP contribution >= 0.6 is 23.2 Å². The Morgan fingerprint density at radius 2 is 1.71 bits per heavy atom. The van der Waals surface area contributed by atoms with Gasteiger partial charge in [0.15, 0.2) is 0 Å². The molecule has 0 spiro atoms. The van der Waals surface area contributed by atoms with E-state index in [1.54, 1.807) is 0 Å². The van der Waals surface area contributed by atoms with E-state index in [0.29, 0.717) is 22.4 Å². The summed E-state index contributed by atoms with van der Waals surface area (Å²) < 4.78 is 11.3. The SMILES string of the molecule is Cc1cc(Cl)ccc1C(NC(=O)Cc1ccccc1OCc1c(C)noc1C)c1ccc(Cl)cc1. The maximum atomic E-state index is 13.3. The van der Waals surface area contributed by atoms with Gasteiger partial charge in [0.05, 0.1) is 23.7 Å². The summed E-state index contributed by atoms with van der Waals surface area (Å²) in [5, 5.41) is 8.44. The van der Waals surface area contributed by atoms with E-state index in [2.05, 4.69) is 10.5 Å². The number of halogens is 2. The highest BCUT2D eigenvalue weighted by molar-refractivity contribution is 6.30. The van der Waals surface area contributed by atoms with Gasteiger partial charge in [-0.3, -0.25) is 4.79 Å².